The Morgan fingerprint density at radius 2 is 2.08 bits per heavy atom. The number of hydrogen-bond donors (Lipinski definition) is 0. The molecule has 26 heavy (non-hydrogen) atoms. The first-order chi connectivity index (χ1) is 12.5. The molecule has 5 nitrogen and oxygen atoms in total. The Bertz CT molecular complexity index is 1100. The van der Waals surface area contributed by atoms with Crippen LogP contribution in [-0.2, 0) is 13.6 Å². The molecule has 1 atom stereocenters. The monoisotopic (exact) mass is 342 g/mol. The molecule has 0 aliphatic carbocycles. The lowest BCUT2D eigenvalue weighted by atomic mass is 9.96. The zero-order valence-electron chi connectivity index (χ0n) is 14.7. The number of nitriles is 1. The summed E-state index contributed by atoms with van der Waals surface area (Å²) in [4.78, 5) is 14.5. The maximum atomic E-state index is 12.8. The van der Waals surface area contributed by atoms with E-state index in [1.807, 2.05) is 49.1 Å². The quantitative estimate of drug-likeness (QED) is 0.682. The Labute approximate surface area is 151 Å². The van der Waals surface area contributed by atoms with Gasteiger partial charge in [-0.25, -0.2) is 0 Å². The van der Waals surface area contributed by atoms with Crippen LogP contribution in [0, 0.1) is 11.3 Å². The summed E-state index contributed by atoms with van der Waals surface area (Å²) < 4.78 is 1.85. The highest BCUT2D eigenvalue weighted by Crippen LogP contribution is 2.35. The molecule has 1 aliphatic rings. The lowest BCUT2D eigenvalue weighted by Crippen LogP contribution is -2.34. The smallest absolute Gasteiger partial charge is 0.255 e. The van der Waals surface area contributed by atoms with Crippen LogP contribution in [0.15, 0.2) is 54.7 Å². The zero-order valence-corrected chi connectivity index (χ0v) is 14.7. The first kappa shape index (κ1) is 16.1. The molecular formula is C21H18N4O. The summed E-state index contributed by atoms with van der Waals surface area (Å²) in [7, 11) is 1.92. The van der Waals surface area contributed by atoms with Gasteiger partial charge in [-0.2, -0.15) is 10.4 Å². The molecule has 1 amide bonds. The summed E-state index contributed by atoms with van der Waals surface area (Å²) in [6.07, 6.45) is 1.84. The van der Waals surface area contributed by atoms with Crippen LogP contribution in [0.4, 0.5) is 0 Å². The van der Waals surface area contributed by atoms with Gasteiger partial charge in [0.1, 0.15) is 0 Å². The van der Waals surface area contributed by atoms with Gasteiger partial charge in [0.15, 0.2) is 0 Å². The van der Waals surface area contributed by atoms with Gasteiger partial charge in [0.05, 0.1) is 23.8 Å². The molecule has 3 aromatic rings. The summed E-state index contributed by atoms with van der Waals surface area (Å²) in [5.41, 5.74) is 5.23. The predicted octanol–water partition coefficient (Wildman–Crippen LogP) is 3.66. The number of hydrogen-bond acceptors (Lipinski definition) is 3. The standard InChI is InChI=1S/C21H18N4O/c1-13(10-22)14(2)25-12-19-17(5-4-6-18(19)21(25)26)15-7-8-16-11-23-24(3)20(16)9-15/h4-9,11,14H,1,12H2,2-3H3. The van der Waals surface area contributed by atoms with Gasteiger partial charge in [0.2, 0.25) is 0 Å². The molecule has 4 rings (SSSR count). The number of aryl methyl sites for hydroxylation is 1. The number of amides is 1. The van der Waals surface area contributed by atoms with Crippen LogP contribution in [0.5, 0.6) is 0 Å². The molecule has 1 aliphatic heterocycles. The first-order valence-corrected chi connectivity index (χ1v) is 8.45. The van der Waals surface area contributed by atoms with Gasteiger partial charge >= 0.3 is 0 Å². The average molecular weight is 342 g/mol. The fraction of sp³-hybridized carbons (Fsp3) is 0.190. The second-order valence-corrected chi connectivity index (χ2v) is 6.62. The minimum Gasteiger partial charge on any atom is -0.327 e. The van der Waals surface area contributed by atoms with E-state index in [0.717, 1.165) is 27.6 Å². The minimum atomic E-state index is -0.313. The number of nitrogens with zero attached hydrogens (tertiary/aromatic N) is 4. The molecule has 128 valence electrons. The third-order valence-corrected chi connectivity index (χ3v) is 5.17. The van der Waals surface area contributed by atoms with E-state index in [1.54, 1.807) is 4.90 Å². The van der Waals surface area contributed by atoms with E-state index >= 15 is 0 Å². The molecule has 0 saturated heterocycles. The summed E-state index contributed by atoms with van der Waals surface area (Å²) in [6, 6.07) is 13.8. The second-order valence-electron chi connectivity index (χ2n) is 6.62. The molecule has 1 unspecified atom stereocenters. The molecule has 0 radical (unpaired) electrons. The van der Waals surface area contributed by atoms with Crippen molar-refractivity contribution in [3.05, 3.63) is 65.9 Å². The molecule has 2 aromatic carbocycles. The van der Waals surface area contributed by atoms with E-state index in [2.05, 4.69) is 29.9 Å². The number of rotatable bonds is 3. The van der Waals surface area contributed by atoms with Gasteiger partial charge in [-0.05, 0) is 35.7 Å². The SMILES string of the molecule is C=C(C#N)C(C)N1Cc2c(cccc2-c2ccc3cnn(C)c3c2)C1=O. The molecule has 0 fully saturated rings. The highest BCUT2D eigenvalue weighted by molar-refractivity contribution is 6.01. The number of benzene rings is 2. The summed E-state index contributed by atoms with van der Waals surface area (Å²) in [5.74, 6) is -0.0487. The summed E-state index contributed by atoms with van der Waals surface area (Å²) >= 11 is 0. The summed E-state index contributed by atoms with van der Waals surface area (Å²) in [6.45, 7) is 6.09. The fourth-order valence-corrected chi connectivity index (χ4v) is 3.53. The van der Waals surface area contributed by atoms with Crippen molar-refractivity contribution in [2.45, 2.75) is 19.5 Å². The molecule has 5 heteroatoms. The normalized spacial score (nSPS) is 14.3. The van der Waals surface area contributed by atoms with E-state index in [4.69, 9.17) is 5.26 Å². The Balaban J connectivity index is 1.80. The van der Waals surface area contributed by atoms with Crippen molar-refractivity contribution < 1.29 is 4.79 Å². The average Bonchev–Trinajstić information content (AvgIpc) is 3.20. The van der Waals surface area contributed by atoms with Crippen LogP contribution in [0.2, 0.25) is 0 Å². The molecule has 0 spiro atoms. The Morgan fingerprint density at radius 1 is 1.31 bits per heavy atom. The topological polar surface area (TPSA) is 61.9 Å². The van der Waals surface area contributed by atoms with Crippen LogP contribution in [0.1, 0.15) is 22.8 Å². The first-order valence-electron chi connectivity index (χ1n) is 8.45. The summed E-state index contributed by atoms with van der Waals surface area (Å²) in [5, 5.41) is 14.5. The van der Waals surface area contributed by atoms with Gasteiger partial charge < -0.3 is 4.90 Å². The number of aromatic nitrogens is 2. The van der Waals surface area contributed by atoms with Crippen molar-refractivity contribution in [3.8, 4) is 17.2 Å². The van der Waals surface area contributed by atoms with Crippen LogP contribution >= 0.6 is 0 Å². The fourth-order valence-electron chi connectivity index (χ4n) is 3.53. The third kappa shape index (κ3) is 2.31. The van der Waals surface area contributed by atoms with E-state index < -0.39 is 0 Å². The Hall–Kier alpha value is -3.39. The molecule has 2 heterocycles. The Morgan fingerprint density at radius 3 is 2.85 bits per heavy atom. The largest absolute Gasteiger partial charge is 0.327 e. The van der Waals surface area contributed by atoms with Gasteiger partial charge in [0, 0.05) is 30.1 Å². The van der Waals surface area contributed by atoms with Crippen LogP contribution in [-0.4, -0.2) is 26.6 Å². The molecule has 0 bridgehead atoms. The third-order valence-electron chi connectivity index (χ3n) is 5.17. The molecular weight excluding hydrogens is 324 g/mol. The van der Waals surface area contributed by atoms with Crippen molar-refractivity contribution >= 4 is 16.8 Å². The van der Waals surface area contributed by atoms with Crippen molar-refractivity contribution in [2.75, 3.05) is 0 Å². The van der Waals surface area contributed by atoms with Crippen LogP contribution in [0.25, 0.3) is 22.0 Å². The molecule has 0 saturated carbocycles. The number of carbonyl (C=O) groups is 1. The highest BCUT2D eigenvalue weighted by Gasteiger charge is 2.33. The zero-order chi connectivity index (χ0) is 18.4. The van der Waals surface area contributed by atoms with Gasteiger partial charge in [-0.1, -0.05) is 30.8 Å². The maximum Gasteiger partial charge on any atom is 0.255 e. The maximum absolute atomic E-state index is 12.8. The van der Waals surface area contributed by atoms with Crippen molar-refractivity contribution in [2.24, 2.45) is 7.05 Å². The van der Waals surface area contributed by atoms with E-state index in [-0.39, 0.29) is 11.9 Å². The lowest BCUT2D eigenvalue weighted by Gasteiger charge is -2.23. The molecule has 1 aromatic heterocycles. The van der Waals surface area contributed by atoms with E-state index in [9.17, 15) is 4.79 Å². The van der Waals surface area contributed by atoms with Crippen LogP contribution < -0.4 is 0 Å². The second kappa shape index (κ2) is 5.85. The highest BCUT2D eigenvalue weighted by atomic mass is 16.2. The minimum absolute atomic E-state index is 0.0487. The van der Waals surface area contributed by atoms with Gasteiger partial charge in [-0.15, -0.1) is 0 Å². The molecule has 0 N–H and O–H groups in total. The van der Waals surface area contributed by atoms with Gasteiger partial charge in [-0.3, -0.25) is 9.48 Å². The number of carbonyl (C=O) groups excluding carboxylic acids is 1. The Kier molecular flexibility index (Phi) is 3.62. The van der Waals surface area contributed by atoms with E-state index in [1.165, 1.54) is 0 Å². The predicted molar refractivity (Wildman–Crippen MR) is 100 cm³/mol. The lowest BCUT2D eigenvalue weighted by molar-refractivity contribution is 0.0744. The van der Waals surface area contributed by atoms with Crippen molar-refractivity contribution in [1.82, 2.24) is 14.7 Å². The van der Waals surface area contributed by atoms with Crippen molar-refractivity contribution in [1.29, 1.82) is 5.26 Å². The number of fused-ring (bicyclic) bond motifs is 2. The van der Waals surface area contributed by atoms with E-state index in [0.29, 0.717) is 17.7 Å². The van der Waals surface area contributed by atoms with Crippen molar-refractivity contribution in [3.63, 3.8) is 0 Å². The van der Waals surface area contributed by atoms with Gasteiger partial charge in [0.25, 0.3) is 5.91 Å². The van der Waals surface area contributed by atoms with Crippen LogP contribution in [0.3, 0.4) is 0 Å².